The lowest BCUT2D eigenvalue weighted by molar-refractivity contribution is 1.59. The molecule has 0 atom stereocenters. The summed E-state index contributed by atoms with van der Waals surface area (Å²) in [5.41, 5.74) is 2.56. The maximum atomic E-state index is 3.77. The third kappa shape index (κ3) is 1.73. The molecule has 0 saturated heterocycles. The molecule has 0 amide bonds. The van der Waals surface area contributed by atoms with Crippen molar-refractivity contribution in [3.05, 3.63) is 72.8 Å². The van der Waals surface area contributed by atoms with Crippen molar-refractivity contribution in [2.75, 3.05) is 0 Å². The van der Waals surface area contributed by atoms with Gasteiger partial charge in [-0.25, -0.2) is 0 Å². The van der Waals surface area contributed by atoms with E-state index >= 15 is 0 Å². The zero-order chi connectivity index (χ0) is 17.5. The SMILES string of the molecule is c1ccc2c(c1)ccc1c2[nH]c2c1sc1c2sc2ccc3ccccc3c21. The number of thiophene rings is 2. The van der Waals surface area contributed by atoms with Crippen LogP contribution in [-0.4, -0.2) is 4.98 Å². The highest BCUT2D eigenvalue weighted by atomic mass is 32.1. The van der Waals surface area contributed by atoms with Crippen molar-refractivity contribution >= 4 is 84.8 Å². The summed E-state index contributed by atoms with van der Waals surface area (Å²) in [6, 6.07) is 26.4. The molecule has 3 heteroatoms. The topological polar surface area (TPSA) is 15.8 Å². The first-order chi connectivity index (χ1) is 13.4. The Kier molecular flexibility index (Phi) is 2.57. The average molecular weight is 380 g/mol. The van der Waals surface area contributed by atoms with E-state index in [1.807, 2.05) is 22.7 Å². The first kappa shape index (κ1) is 14.2. The summed E-state index contributed by atoms with van der Waals surface area (Å²) in [6.07, 6.45) is 0. The number of aromatic nitrogens is 1. The largest absolute Gasteiger partial charge is 0.352 e. The van der Waals surface area contributed by atoms with Gasteiger partial charge in [0.15, 0.2) is 0 Å². The van der Waals surface area contributed by atoms with Gasteiger partial charge in [-0.3, -0.25) is 0 Å². The Bertz CT molecular complexity index is 1680. The number of H-pyrrole nitrogens is 1. The second-order valence-electron chi connectivity index (χ2n) is 7.06. The molecule has 126 valence electrons. The Balaban J connectivity index is 1.71. The van der Waals surface area contributed by atoms with E-state index in [4.69, 9.17) is 0 Å². The van der Waals surface area contributed by atoms with Gasteiger partial charge in [-0.15, -0.1) is 22.7 Å². The predicted molar refractivity (Wildman–Crippen MR) is 122 cm³/mol. The maximum Gasteiger partial charge on any atom is 0.0756 e. The lowest BCUT2D eigenvalue weighted by atomic mass is 10.1. The van der Waals surface area contributed by atoms with E-state index < -0.39 is 0 Å². The summed E-state index contributed by atoms with van der Waals surface area (Å²) < 4.78 is 5.57. The molecule has 0 spiro atoms. The maximum absolute atomic E-state index is 3.77. The predicted octanol–water partition coefficient (Wildman–Crippen LogP) is 8.06. The van der Waals surface area contributed by atoms with Gasteiger partial charge in [-0.2, -0.15) is 0 Å². The van der Waals surface area contributed by atoms with E-state index in [-0.39, 0.29) is 0 Å². The number of hydrogen-bond donors (Lipinski definition) is 1. The van der Waals surface area contributed by atoms with Crippen LogP contribution in [0.2, 0.25) is 0 Å². The number of benzene rings is 4. The fourth-order valence-electron chi connectivity index (χ4n) is 4.38. The Morgan fingerprint density at radius 1 is 0.519 bits per heavy atom. The monoisotopic (exact) mass is 379 g/mol. The van der Waals surface area contributed by atoms with Crippen LogP contribution in [0.15, 0.2) is 72.8 Å². The lowest BCUT2D eigenvalue weighted by Gasteiger charge is -1.99. The Hall–Kier alpha value is -2.88. The molecule has 27 heavy (non-hydrogen) atoms. The third-order valence-corrected chi connectivity index (χ3v) is 8.16. The minimum atomic E-state index is 1.26. The molecule has 7 rings (SSSR count). The van der Waals surface area contributed by atoms with Crippen molar-refractivity contribution < 1.29 is 0 Å². The van der Waals surface area contributed by atoms with Gasteiger partial charge in [0.2, 0.25) is 0 Å². The number of nitrogens with one attached hydrogen (secondary N) is 1. The summed E-state index contributed by atoms with van der Waals surface area (Å²) in [6.45, 7) is 0. The second-order valence-corrected chi connectivity index (χ2v) is 9.13. The molecule has 0 aliphatic rings. The molecular weight excluding hydrogens is 366 g/mol. The highest BCUT2D eigenvalue weighted by Gasteiger charge is 2.18. The molecule has 0 unspecified atom stereocenters. The van der Waals surface area contributed by atoms with Gasteiger partial charge in [0, 0.05) is 20.9 Å². The summed E-state index contributed by atoms with van der Waals surface area (Å²) in [5, 5.41) is 8.02. The molecule has 0 bridgehead atoms. The van der Waals surface area contributed by atoms with Crippen LogP contribution in [0.25, 0.3) is 62.2 Å². The summed E-state index contributed by atoms with van der Waals surface area (Å²) in [5.74, 6) is 0. The van der Waals surface area contributed by atoms with Crippen molar-refractivity contribution in [2.24, 2.45) is 0 Å². The number of aromatic amines is 1. The van der Waals surface area contributed by atoms with Gasteiger partial charge < -0.3 is 4.98 Å². The summed E-state index contributed by atoms with van der Waals surface area (Å²) in [4.78, 5) is 3.77. The molecule has 0 saturated carbocycles. The molecule has 1 N–H and O–H groups in total. The number of fused-ring (bicyclic) bond motifs is 11. The second kappa shape index (κ2) is 4.89. The average Bonchev–Trinajstić information content (AvgIpc) is 3.36. The molecule has 7 aromatic rings. The molecule has 3 heterocycles. The molecular formula is C24H13NS2. The van der Waals surface area contributed by atoms with Gasteiger partial charge in [-0.05, 0) is 22.2 Å². The molecule has 0 aliphatic carbocycles. The zero-order valence-electron chi connectivity index (χ0n) is 14.2. The molecule has 0 radical (unpaired) electrons. The van der Waals surface area contributed by atoms with Crippen LogP contribution in [-0.2, 0) is 0 Å². The highest BCUT2D eigenvalue weighted by molar-refractivity contribution is 7.37. The molecule has 4 aromatic carbocycles. The van der Waals surface area contributed by atoms with Crippen LogP contribution in [0.1, 0.15) is 0 Å². The smallest absolute Gasteiger partial charge is 0.0756 e. The van der Waals surface area contributed by atoms with Gasteiger partial charge >= 0.3 is 0 Å². The van der Waals surface area contributed by atoms with Gasteiger partial charge in [-0.1, -0.05) is 66.7 Å². The number of rotatable bonds is 0. The zero-order valence-corrected chi connectivity index (χ0v) is 15.9. The molecule has 1 nitrogen and oxygen atoms in total. The van der Waals surface area contributed by atoms with E-state index in [1.54, 1.807) is 0 Å². The molecule has 0 fully saturated rings. The van der Waals surface area contributed by atoms with Crippen LogP contribution in [0.5, 0.6) is 0 Å². The Labute approximate surface area is 162 Å². The van der Waals surface area contributed by atoms with Crippen LogP contribution in [0.3, 0.4) is 0 Å². The van der Waals surface area contributed by atoms with Crippen LogP contribution in [0.4, 0.5) is 0 Å². The van der Waals surface area contributed by atoms with Gasteiger partial charge in [0.05, 0.1) is 25.1 Å². The standard InChI is InChI=1S/C24H13NS2/c1-3-7-15-13(5-1)10-12-18-19(15)23-24(26-18)21-22(27-23)17-11-9-14-6-2-4-8-16(14)20(17)25-21/h1-12,25H. The van der Waals surface area contributed by atoms with E-state index in [9.17, 15) is 0 Å². The highest BCUT2D eigenvalue weighted by Crippen LogP contribution is 2.48. The quantitative estimate of drug-likeness (QED) is 0.274. The van der Waals surface area contributed by atoms with Crippen LogP contribution in [0, 0.1) is 0 Å². The van der Waals surface area contributed by atoms with Crippen molar-refractivity contribution in [1.82, 2.24) is 4.98 Å². The summed E-state index contributed by atoms with van der Waals surface area (Å²) in [7, 11) is 0. The van der Waals surface area contributed by atoms with Crippen molar-refractivity contribution in [1.29, 1.82) is 0 Å². The van der Waals surface area contributed by atoms with E-state index in [0.29, 0.717) is 0 Å². The van der Waals surface area contributed by atoms with E-state index in [0.717, 1.165) is 0 Å². The Morgan fingerprint density at radius 2 is 1.26 bits per heavy atom. The number of hydrogen-bond acceptors (Lipinski definition) is 2. The van der Waals surface area contributed by atoms with Crippen molar-refractivity contribution in [3.8, 4) is 0 Å². The first-order valence-corrected chi connectivity index (χ1v) is 10.7. The Morgan fingerprint density at radius 3 is 2.15 bits per heavy atom. The van der Waals surface area contributed by atoms with E-state index in [1.165, 1.54) is 62.2 Å². The third-order valence-electron chi connectivity index (χ3n) is 5.62. The molecule has 3 aromatic heterocycles. The normalized spacial score (nSPS) is 12.4. The summed E-state index contributed by atoms with van der Waals surface area (Å²) >= 11 is 3.85. The van der Waals surface area contributed by atoms with Crippen LogP contribution < -0.4 is 0 Å². The van der Waals surface area contributed by atoms with Crippen molar-refractivity contribution in [3.63, 3.8) is 0 Å². The minimum absolute atomic E-state index is 1.26. The van der Waals surface area contributed by atoms with Gasteiger partial charge in [0.25, 0.3) is 0 Å². The van der Waals surface area contributed by atoms with Crippen LogP contribution >= 0.6 is 22.7 Å². The lowest BCUT2D eigenvalue weighted by Crippen LogP contribution is -1.74. The fraction of sp³-hybridized carbons (Fsp3) is 0. The fourth-order valence-corrected chi connectivity index (χ4v) is 7.14. The van der Waals surface area contributed by atoms with Crippen molar-refractivity contribution in [2.45, 2.75) is 0 Å². The molecule has 0 aliphatic heterocycles. The minimum Gasteiger partial charge on any atom is -0.352 e. The van der Waals surface area contributed by atoms with E-state index in [2.05, 4.69) is 77.8 Å². The van der Waals surface area contributed by atoms with Gasteiger partial charge in [0.1, 0.15) is 0 Å². The first-order valence-electron chi connectivity index (χ1n) is 9.04.